The van der Waals surface area contributed by atoms with E-state index in [0.29, 0.717) is 17.5 Å². The number of hydrogen-bond acceptors (Lipinski definition) is 9. The minimum atomic E-state index is -0.944. The largest absolute Gasteiger partial charge is 0.502 e. The standard InChI is InChI=1S/C17H12N4O7S/c1-28-13-5-3-2-4-11(13)18-17-19-16(23)14(29-17)7-9-6-10(20(24)25)8-12(15(9)22)21(26)27/h2-8,22H,1H3,(H,18,19,23)/b14-7-. The molecule has 1 aliphatic rings. The van der Waals surface area contributed by atoms with Crippen LogP contribution in [0.25, 0.3) is 6.08 Å². The monoisotopic (exact) mass is 416 g/mol. The summed E-state index contributed by atoms with van der Waals surface area (Å²) in [7, 11) is 1.47. The number of amides is 1. The van der Waals surface area contributed by atoms with Crippen molar-refractivity contribution >= 4 is 46.0 Å². The molecule has 2 aromatic carbocycles. The summed E-state index contributed by atoms with van der Waals surface area (Å²) in [4.78, 5) is 36.9. The fourth-order valence-electron chi connectivity index (χ4n) is 2.43. The van der Waals surface area contributed by atoms with E-state index in [1.165, 1.54) is 7.11 Å². The third-order valence-electron chi connectivity index (χ3n) is 3.76. The Morgan fingerprint density at radius 1 is 1.21 bits per heavy atom. The van der Waals surface area contributed by atoms with Gasteiger partial charge in [0.15, 0.2) is 5.17 Å². The van der Waals surface area contributed by atoms with Gasteiger partial charge < -0.3 is 15.2 Å². The molecule has 0 radical (unpaired) electrons. The molecule has 12 heteroatoms. The van der Waals surface area contributed by atoms with Crippen molar-refractivity contribution in [2.45, 2.75) is 0 Å². The van der Waals surface area contributed by atoms with Crippen LogP contribution >= 0.6 is 11.8 Å². The van der Waals surface area contributed by atoms with Crippen molar-refractivity contribution in [2.24, 2.45) is 4.99 Å². The van der Waals surface area contributed by atoms with Crippen molar-refractivity contribution in [1.82, 2.24) is 5.32 Å². The molecule has 0 saturated carbocycles. The zero-order valence-electron chi connectivity index (χ0n) is 14.7. The normalized spacial score (nSPS) is 16.1. The zero-order chi connectivity index (χ0) is 21.1. The van der Waals surface area contributed by atoms with Crippen molar-refractivity contribution in [3.8, 4) is 11.5 Å². The molecule has 148 valence electrons. The lowest BCUT2D eigenvalue weighted by atomic mass is 10.1. The summed E-state index contributed by atoms with van der Waals surface area (Å²) in [5.41, 5.74) is -1.19. The number of nitro benzene ring substituents is 2. The van der Waals surface area contributed by atoms with E-state index in [1.54, 1.807) is 24.3 Å². The number of methoxy groups -OCH3 is 1. The zero-order valence-corrected chi connectivity index (χ0v) is 15.5. The number of nitrogens with one attached hydrogen (secondary N) is 1. The van der Waals surface area contributed by atoms with Gasteiger partial charge in [-0.3, -0.25) is 25.0 Å². The molecule has 0 unspecified atom stereocenters. The molecule has 1 saturated heterocycles. The predicted octanol–water partition coefficient (Wildman–Crippen LogP) is 3.11. The number of hydrogen-bond donors (Lipinski definition) is 2. The molecule has 0 aliphatic carbocycles. The number of carbonyl (C=O) groups is 1. The van der Waals surface area contributed by atoms with Gasteiger partial charge >= 0.3 is 5.69 Å². The Kier molecular flexibility index (Phi) is 5.45. The molecule has 0 spiro atoms. The third-order valence-corrected chi connectivity index (χ3v) is 4.67. The van der Waals surface area contributed by atoms with Crippen LogP contribution in [0.2, 0.25) is 0 Å². The van der Waals surface area contributed by atoms with Gasteiger partial charge in [-0.15, -0.1) is 0 Å². The lowest BCUT2D eigenvalue weighted by Crippen LogP contribution is -2.19. The summed E-state index contributed by atoms with van der Waals surface area (Å²) >= 11 is 0.909. The van der Waals surface area contributed by atoms with E-state index in [1.807, 2.05) is 0 Å². The first kappa shape index (κ1) is 19.8. The molecule has 29 heavy (non-hydrogen) atoms. The molecule has 1 amide bonds. The Balaban J connectivity index is 1.99. The van der Waals surface area contributed by atoms with Gasteiger partial charge in [0.2, 0.25) is 5.75 Å². The number of nitro groups is 2. The molecule has 1 fully saturated rings. The average Bonchev–Trinajstić information content (AvgIpc) is 3.02. The highest BCUT2D eigenvalue weighted by Crippen LogP contribution is 2.38. The lowest BCUT2D eigenvalue weighted by Gasteiger charge is -2.03. The summed E-state index contributed by atoms with van der Waals surface area (Å²) in [6.07, 6.45) is 1.13. The van der Waals surface area contributed by atoms with Crippen LogP contribution in [0.15, 0.2) is 46.3 Å². The number of carbonyl (C=O) groups excluding carboxylic acids is 1. The number of aromatic hydroxyl groups is 1. The molecule has 11 nitrogen and oxygen atoms in total. The van der Waals surface area contributed by atoms with E-state index in [0.717, 1.165) is 23.9 Å². The summed E-state index contributed by atoms with van der Waals surface area (Å²) in [6.45, 7) is 0. The second kappa shape index (κ2) is 7.98. The minimum Gasteiger partial charge on any atom is -0.502 e. The van der Waals surface area contributed by atoms with Gasteiger partial charge in [0, 0.05) is 11.6 Å². The van der Waals surface area contributed by atoms with Gasteiger partial charge in [-0.25, -0.2) is 4.99 Å². The van der Waals surface area contributed by atoms with Crippen LogP contribution in [0.1, 0.15) is 5.56 Å². The Labute approximate surface area is 167 Å². The van der Waals surface area contributed by atoms with Crippen LogP contribution in [0.3, 0.4) is 0 Å². The molecule has 0 aromatic heterocycles. The first-order valence-electron chi connectivity index (χ1n) is 7.88. The summed E-state index contributed by atoms with van der Waals surface area (Å²) in [6, 6.07) is 8.45. The summed E-state index contributed by atoms with van der Waals surface area (Å²) in [5, 5.41) is 34.9. The van der Waals surface area contributed by atoms with Crippen LogP contribution < -0.4 is 10.1 Å². The highest BCUT2D eigenvalue weighted by molar-refractivity contribution is 8.18. The van der Waals surface area contributed by atoms with Crippen molar-refractivity contribution in [3.63, 3.8) is 0 Å². The molecular formula is C17H12N4O7S. The molecule has 0 bridgehead atoms. The number of amidine groups is 1. The molecule has 2 N–H and O–H groups in total. The molecule has 2 aromatic rings. The SMILES string of the molecule is COc1ccccc1N=C1NC(=O)/C(=C/c2cc([N+](=O)[O-])cc([N+](=O)[O-])c2O)S1. The first-order valence-corrected chi connectivity index (χ1v) is 8.70. The van der Waals surface area contributed by atoms with Crippen molar-refractivity contribution in [2.75, 3.05) is 7.11 Å². The van der Waals surface area contributed by atoms with Gasteiger partial charge in [0.25, 0.3) is 11.6 Å². The number of benzene rings is 2. The highest BCUT2D eigenvalue weighted by Gasteiger charge is 2.27. The Hall–Kier alpha value is -3.93. The molecule has 1 aliphatic heterocycles. The van der Waals surface area contributed by atoms with E-state index in [-0.39, 0.29) is 15.6 Å². The number of nitrogens with zero attached hydrogens (tertiary/aromatic N) is 3. The molecule has 1 heterocycles. The second-order valence-electron chi connectivity index (χ2n) is 5.57. The summed E-state index contributed by atoms with van der Waals surface area (Å²) < 4.78 is 5.19. The van der Waals surface area contributed by atoms with E-state index in [2.05, 4.69) is 10.3 Å². The van der Waals surface area contributed by atoms with E-state index in [9.17, 15) is 30.1 Å². The number of aliphatic imine (C=N–C) groups is 1. The maximum Gasteiger partial charge on any atom is 0.318 e. The van der Waals surface area contributed by atoms with Gasteiger partial charge in [-0.1, -0.05) is 12.1 Å². The number of phenols is 1. The number of non-ortho nitro benzene ring substituents is 1. The van der Waals surface area contributed by atoms with Gasteiger partial charge in [-0.2, -0.15) is 0 Å². The van der Waals surface area contributed by atoms with E-state index < -0.39 is 32.9 Å². The quantitative estimate of drug-likeness (QED) is 0.427. The number of para-hydroxylation sites is 2. The predicted molar refractivity (Wildman–Crippen MR) is 105 cm³/mol. The fourth-order valence-corrected chi connectivity index (χ4v) is 3.26. The van der Waals surface area contributed by atoms with Crippen molar-refractivity contribution in [3.05, 3.63) is 67.1 Å². The molecule has 0 atom stereocenters. The minimum absolute atomic E-state index is 0.0451. The van der Waals surface area contributed by atoms with Crippen LogP contribution in [0.4, 0.5) is 17.1 Å². The van der Waals surface area contributed by atoms with Gasteiger partial charge in [0.1, 0.15) is 11.4 Å². The van der Waals surface area contributed by atoms with Crippen molar-refractivity contribution < 1.29 is 24.5 Å². The number of phenolic OH excluding ortho intramolecular Hbond substituents is 1. The first-order chi connectivity index (χ1) is 13.8. The van der Waals surface area contributed by atoms with Crippen LogP contribution in [0, 0.1) is 20.2 Å². The molecular weight excluding hydrogens is 404 g/mol. The van der Waals surface area contributed by atoms with E-state index >= 15 is 0 Å². The smallest absolute Gasteiger partial charge is 0.318 e. The number of thioether (sulfide) groups is 1. The Bertz CT molecular complexity index is 1100. The molecule has 3 rings (SSSR count). The van der Waals surface area contributed by atoms with Gasteiger partial charge in [0.05, 0.1) is 27.9 Å². The maximum atomic E-state index is 12.2. The van der Waals surface area contributed by atoms with E-state index in [4.69, 9.17) is 4.74 Å². The second-order valence-corrected chi connectivity index (χ2v) is 6.60. The Morgan fingerprint density at radius 2 is 1.93 bits per heavy atom. The van der Waals surface area contributed by atoms with Crippen molar-refractivity contribution in [1.29, 1.82) is 0 Å². The Morgan fingerprint density at radius 3 is 2.59 bits per heavy atom. The number of rotatable bonds is 5. The summed E-state index contributed by atoms with van der Waals surface area (Å²) in [5.74, 6) is -0.868. The topological polar surface area (TPSA) is 157 Å². The van der Waals surface area contributed by atoms with Crippen LogP contribution in [-0.2, 0) is 4.79 Å². The lowest BCUT2D eigenvalue weighted by molar-refractivity contribution is -0.394. The average molecular weight is 416 g/mol. The van der Waals surface area contributed by atoms with Crippen LogP contribution in [0.5, 0.6) is 11.5 Å². The van der Waals surface area contributed by atoms with Gasteiger partial charge in [-0.05, 0) is 30.0 Å². The highest BCUT2D eigenvalue weighted by atomic mass is 32.2. The third kappa shape index (κ3) is 4.16. The van der Waals surface area contributed by atoms with Crippen LogP contribution in [-0.4, -0.2) is 33.1 Å². The number of ether oxygens (including phenoxy) is 1. The fraction of sp³-hybridized carbons (Fsp3) is 0.0588. The maximum absolute atomic E-state index is 12.2.